The molecule has 0 bridgehead atoms. The van der Waals surface area contributed by atoms with Gasteiger partial charge in [0.15, 0.2) is 0 Å². The van der Waals surface area contributed by atoms with Gasteiger partial charge in [0, 0.05) is 36.4 Å². The average Bonchev–Trinajstić information content (AvgIpc) is 3.26. The van der Waals surface area contributed by atoms with E-state index in [1.807, 2.05) is 12.3 Å². The zero-order valence-electron chi connectivity index (χ0n) is 14.3. The third-order valence-corrected chi connectivity index (χ3v) is 3.91. The largest absolute Gasteiger partial charge is 0.357 e. The Labute approximate surface area is 145 Å². The van der Waals surface area contributed by atoms with E-state index in [0.29, 0.717) is 31.1 Å². The molecular weight excluding hydrogens is 316 g/mol. The highest BCUT2D eigenvalue weighted by Gasteiger charge is 2.19. The highest BCUT2D eigenvalue weighted by Crippen LogP contribution is 2.25. The van der Waals surface area contributed by atoms with Crippen molar-refractivity contribution in [1.82, 2.24) is 24.8 Å². The van der Waals surface area contributed by atoms with E-state index in [2.05, 4.69) is 39.9 Å². The molecule has 7 nitrogen and oxygen atoms in total. The molecule has 0 unspecified atom stereocenters. The third kappa shape index (κ3) is 3.53. The predicted octanol–water partition coefficient (Wildman–Crippen LogP) is 2.96. The van der Waals surface area contributed by atoms with Gasteiger partial charge in [-0.2, -0.15) is 5.26 Å². The average molecular weight is 336 g/mol. The van der Waals surface area contributed by atoms with Gasteiger partial charge in [-0.3, -0.25) is 4.79 Å². The van der Waals surface area contributed by atoms with Crippen LogP contribution in [0.2, 0.25) is 0 Å². The smallest absolute Gasteiger partial charge is 0.270 e. The van der Waals surface area contributed by atoms with Crippen LogP contribution in [0.4, 0.5) is 0 Å². The fourth-order valence-electron chi connectivity index (χ4n) is 2.83. The number of H-pyrrole nitrogens is 2. The fourth-order valence-corrected chi connectivity index (χ4v) is 2.83. The summed E-state index contributed by atoms with van der Waals surface area (Å²) in [5.41, 5.74) is 2.86. The van der Waals surface area contributed by atoms with Crippen LogP contribution < -0.4 is 0 Å². The number of aromatic nitrogens is 4. The molecule has 0 aliphatic heterocycles. The normalized spacial score (nSPS) is 11.0. The molecule has 0 aromatic carbocycles. The van der Waals surface area contributed by atoms with Gasteiger partial charge in [0.1, 0.15) is 17.7 Å². The molecule has 0 aliphatic carbocycles. The minimum absolute atomic E-state index is 0.102. The van der Waals surface area contributed by atoms with Crippen LogP contribution in [-0.4, -0.2) is 43.8 Å². The van der Waals surface area contributed by atoms with Crippen molar-refractivity contribution in [3.05, 3.63) is 36.5 Å². The number of rotatable bonds is 6. The molecule has 2 N–H and O–H groups in total. The molecule has 0 aliphatic rings. The minimum atomic E-state index is -0.102. The van der Waals surface area contributed by atoms with Crippen LogP contribution >= 0.6 is 0 Å². The molecule has 1 amide bonds. The number of fused-ring (bicyclic) bond motifs is 1. The third-order valence-electron chi connectivity index (χ3n) is 3.91. The van der Waals surface area contributed by atoms with Crippen molar-refractivity contribution in [3.63, 3.8) is 0 Å². The molecule has 3 heterocycles. The summed E-state index contributed by atoms with van der Waals surface area (Å²) in [6.45, 7) is 5.15. The number of hydrogen-bond acceptors (Lipinski definition) is 4. The molecule has 3 rings (SSSR count). The lowest BCUT2D eigenvalue weighted by Crippen LogP contribution is -2.35. The molecule has 0 saturated carbocycles. The SMILES string of the molecule is CC(C)CN(CCC#N)C(=O)c1cc(-c2ncnc3[nH]ccc23)c[nH]1. The number of carbonyl (C=O) groups excluding carboxylic acids is 1. The predicted molar refractivity (Wildman–Crippen MR) is 94.6 cm³/mol. The number of hydrogen-bond donors (Lipinski definition) is 2. The van der Waals surface area contributed by atoms with Gasteiger partial charge in [-0.25, -0.2) is 9.97 Å². The van der Waals surface area contributed by atoms with Gasteiger partial charge in [-0.05, 0) is 18.1 Å². The summed E-state index contributed by atoms with van der Waals surface area (Å²) in [4.78, 5) is 29.1. The molecule has 3 aromatic heterocycles. The molecule has 25 heavy (non-hydrogen) atoms. The number of nitriles is 1. The van der Waals surface area contributed by atoms with Crippen LogP contribution in [0.1, 0.15) is 30.8 Å². The van der Waals surface area contributed by atoms with Crippen molar-refractivity contribution < 1.29 is 4.79 Å². The Balaban J connectivity index is 1.88. The summed E-state index contributed by atoms with van der Waals surface area (Å²) in [5.74, 6) is 0.230. The van der Waals surface area contributed by atoms with E-state index in [4.69, 9.17) is 5.26 Å². The molecule has 0 spiro atoms. The Morgan fingerprint density at radius 1 is 1.36 bits per heavy atom. The zero-order chi connectivity index (χ0) is 17.8. The quantitative estimate of drug-likeness (QED) is 0.722. The molecule has 0 radical (unpaired) electrons. The first-order chi connectivity index (χ1) is 12.1. The Morgan fingerprint density at radius 3 is 2.96 bits per heavy atom. The first kappa shape index (κ1) is 16.7. The van der Waals surface area contributed by atoms with Crippen LogP contribution in [0.25, 0.3) is 22.3 Å². The molecule has 0 saturated heterocycles. The maximum atomic E-state index is 12.8. The van der Waals surface area contributed by atoms with Crippen LogP contribution in [0, 0.1) is 17.2 Å². The van der Waals surface area contributed by atoms with Crippen molar-refractivity contribution in [3.8, 4) is 17.3 Å². The van der Waals surface area contributed by atoms with Crippen molar-refractivity contribution >= 4 is 16.9 Å². The van der Waals surface area contributed by atoms with E-state index in [1.165, 1.54) is 6.33 Å². The minimum Gasteiger partial charge on any atom is -0.357 e. The van der Waals surface area contributed by atoms with Gasteiger partial charge in [-0.15, -0.1) is 0 Å². The fraction of sp³-hybridized carbons (Fsp3) is 0.333. The van der Waals surface area contributed by atoms with E-state index in [-0.39, 0.29) is 5.91 Å². The lowest BCUT2D eigenvalue weighted by atomic mass is 10.1. The lowest BCUT2D eigenvalue weighted by Gasteiger charge is -2.23. The Morgan fingerprint density at radius 2 is 2.20 bits per heavy atom. The molecule has 0 atom stereocenters. The Hall–Kier alpha value is -3.14. The molecule has 128 valence electrons. The van der Waals surface area contributed by atoms with Gasteiger partial charge >= 0.3 is 0 Å². The first-order valence-corrected chi connectivity index (χ1v) is 8.23. The van der Waals surface area contributed by atoms with Gasteiger partial charge in [0.25, 0.3) is 5.91 Å². The van der Waals surface area contributed by atoms with E-state index in [0.717, 1.165) is 22.3 Å². The summed E-state index contributed by atoms with van der Waals surface area (Å²) in [6.07, 6.45) is 5.41. The van der Waals surface area contributed by atoms with E-state index < -0.39 is 0 Å². The Kier molecular flexibility index (Phi) is 4.80. The first-order valence-electron chi connectivity index (χ1n) is 8.23. The Bertz CT molecular complexity index is 917. The van der Waals surface area contributed by atoms with Crippen LogP contribution in [0.5, 0.6) is 0 Å². The summed E-state index contributed by atoms with van der Waals surface area (Å²) in [7, 11) is 0. The molecule has 3 aromatic rings. The molecular formula is C18H20N6O. The second-order valence-corrected chi connectivity index (χ2v) is 6.32. The number of nitrogens with zero attached hydrogens (tertiary/aromatic N) is 4. The van der Waals surface area contributed by atoms with E-state index in [9.17, 15) is 4.79 Å². The maximum Gasteiger partial charge on any atom is 0.270 e. The standard InChI is InChI=1S/C18H20N6O/c1-12(2)10-24(7-3-5-19)18(25)15-8-13(9-21-15)16-14-4-6-20-17(14)23-11-22-16/h4,6,8-9,11-12,21H,3,7,10H2,1-2H3,(H,20,22,23). The lowest BCUT2D eigenvalue weighted by molar-refractivity contribution is 0.0734. The van der Waals surface area contributed by atoms with E-state index >= 15 is 0 Å². The summed E-state index contributed by atoms with van der Waals surface area (Å²) in [6, 6.07) is 5.82. The second-order valence-electron chi connectivity index (χ2n) is 6.32. The van der Waals surface area contributed by atoms with Gasteiger partial charge in [-0.1, -0.05) is 13.8 Å². The monoisotopic (exact) mass is 336 g/mol. The van der Waals surface area contributed by atoms with E-state index in [1.54, 1.807) is 17.2 Å². The highest BCUT2D eigenvalue weighted by molar-refractivity contribution is 5.96. The topological polar surface area (TPSA) is 101 Å². The molecule has 0 fully saturated rings. The number of aromatic amines is 2. The highest BCUT2D eigenvalue weighted by atomic mass is 16.2. The van der Waals surface area contributed by atoms with Gasteiger partial charge in [0.2, 0.25) is 0 Å². The summed E-state index contributed by atoms with van der Waals surface area (Å²) in [5, 5.41) is 9.73. The second kappa shape index (κ2) is 7.18. The van der Waals surface area contributed by atoms with Crippen molar-refractivity contribution in [2.24, 2.45) is 5.92 Å². The number of amides is 1. The summed E-state index contributed by atoms with van der Waals surface area (Å²) < 4.78 is 0. The zero-order valence-corrected chi connectivity index (χ0v) is 14.3. The van der Waals surface area contributed by atoms with Crippen molar-refractivity contribution in [1.29, 1.82) is 5.26 Å². The van der Waals surface area contributed by atoms with Gasteiger partial charge < -0.3 is 14.9 Å². The van der Waals surface area contributed by atoms with Crippen molar-refractivity contribution in [2.75, 3.05) is 13.1 Å². The van der Waals surface area contributed by atoms with Crippen LogP contribution in [0.3, 0.4) is 0 Å². The van der Waals surface area contributed by atoms with Gasteiger partial charge in [0.05, 0.1) is 18.2 Å². The van der Waals surface area contributed by atoms with Crippen molar-refractivity contribution in [2.45, 2.75) is 20.3 Å². The van der Waals surface area contributed by atoms with Crippen LogP contribution in [0.15, 0.2) is 30.9 Å². The maximum absolute atomic E-state index is 12.8. The molecule has 7 heteroatoms. The number of nitrogens with one attached hydrogen (secondary N) is 2. The number of carbonyl (C=O) groups is 1. The van der Waals surface area contributed by atoms with Crippen LogP contribution in [-0.2, 0) is 0 Å². The summed E-state index contributed by atoms with van der Waals surface area (Å²) >= 11 is 0.